The number of hydrogen-bond donors (Lipinski definition) is 3. The van der Waals surface area contributed by atoms with Crippen molar-refractivity contribution >= 4 is 22.9 Å². The minimum absolute atomic E-state index is 0.144. The number of aromatic nitrogens is 4. The van der Waals surface area contributed by atoms with Gasteiger partial charge in [0.25, 0.3) is 0 Å². The van der Waals surface area contributed by atoms with E-state index in [1.807, 2.05) is 0 Å². The van der Waals surface area contributed by atoms with Crippen LogP contribution >= 0.6 is 0 Å². The SMILES string of the molecule is CCCCCCCCCCCCCCCC(=O)Nc1ncnc2c1ncn2C1OC(CO)C(F)C1O. The van der Waals surface area contributed by atoms with E-state index in [-0.39, 0.29) is 11.7 Å². The number of fused-ring (bicyclic) bond motifs is 1. The van der Waals surface area contributed by atoms with Crippen LogP contribution in [0.25, 0.3) is 11.2 Å². The van der Waals surface area contributed by atoms with Crippen molar-refractivity contribution in [2.45, 2.75) is 121 Å². The Hall–Kier alpha value is -2.17. The highest BCUT2D eigenvalue weighted by atomic mass is 19.1. The average Bonchev–Trinajstić information content (AvgIpc) is 3.43. The maximum atomic E-state index is 14.1. The average molecular weight is 508 g/mol. The van der Waals surface area contributed by atoms with Gasteiger partial charge in [-0.25, -0.2) is 19.3 Å². The molecule has 3 rings (SSSR count). The summed E-state index contributed by atoms with van der Waals surface area (Å²) >= 11 is 0. The molecule has 202 valence electrons. The van der Waals surface area contributed by atoms with E-state index in [0.717, 1.165) is 19.3 Å². The van der Waals surface area contributed by atoms with Crippen LogP contribution in [-0.4, -0.2) is 60.6 Å². The minimum atomic E-state index is -1.72. The smallest absolute Gasteiger partial charge is 0.225 e. The summed E-state index contributed by atoms with van der Waals surface area (Å²) in [7, 11) is 0. The van der Waals surface area contributed by atoms with Crippen molar-refractivity contribution < 1.29 is 24.1 Å². The van der Waals surface area contributed by atoms with Crippen molar-refractivity contribution in [2.75, 3.05) is 11.9 Å². The van der Waals surface area contributed by atoms with Crippen molar-refractivity contribution in [1.82, 2.24) is 19.5 Å². The highest BCUT2D eigenvalue weighted by molar-refractivity contribution is 5.96. The number of alkyl halides is 1. The Kier molecular flexibility index (Phi) is 12.0. The van der Waals surface area contributed by atoms with Crippen LogP contribution in [0.1, 0.15) is 103 Å². The van der Waals surface area contributed by atoms with E-state index < -0.39 is 31.2 Å². The summed E-state index contributed by atoms with van der Waals surface area (Å²) < 4.78 is 21.0. The van der Waals surface area contributed by atoms with Gasteiger partial charge in [-0.3, -0.25) is 9.36 Å². The molecule has 1 saturated heterocycles. The van der Waals surface area contributed by atoms with E-state index in [1.165, 1.54) is 81.4 Å². The third kappa shape index (κ3) is 7.91. The summed E-state index contributed by atoms with van der Waals surface area (Å²) in [6, 6.07) is 0. The maximum absolute atomic E-state index is 14.1. The molecule has 36 heavy (non-hydrogen) atoms. The van der Waals surface area contributed by atoms with Crippen molar-refractivity contribution in [3.63, 3.8) is 0 Å². The number of halogens is 1. The second-order valence-electron chi connectivity index (χ2n) is 9.77. The minimum Gasteiger partial charge on any atom is -0.394 e. The van der Waals surface area contributed by atoms with Gasteiger partial charge in [-0.15, -0.1) is 0 Å². The van der Waals surface area contributed by atoms with E-state index in [1.54, 1.807) is 0 Å². The lowest BCUT2D eigenvalue weighted by molar-refractivity contribution is -0.116. The fourth-order valence-corrected chi connectivity index (χ4v) is 4.71. The molecule has 10 heteroatoms. The molecule has 0 aliphatic carbocycles. The quantitative estimate of drug-likeness (QED) is 0.262. The maximum Gasteiger partial charge on any atom is 0.225 e. The number of hydrogen-bond acceptors (Lipinski definition) is 7. The summed E-state index contributed by atoms with van der Waals surface area (Å²) in [5.41, 5.74) is 0.631. The van der Waals surface area contributed by atoms with Crippen molar-refractivity contribution in [3.05, 3.63) is 12.7 Å². The number of carbonyl (C=O) groups is 1. The Balaban J connectivity index is 1.35. The largest absolute Gasteiger partial charge is 0.394 e. The lowest BCUT2D eigenvalue weighted by atomic mass is 10.0. The molecule has 1 amide bonds. The van der Waals surface area contributed by atoms with Crippen molar-refractivity contribution in [3.8, 4) is 0 Å². The van der Waals surface area contributed by atoms with Crippen LogP contribution in [0.3, 0.4) is 0 Å². The third-order valence-corrected chi connectivity index (χ3v) is 6.87. The zero-order valence-electron chi connectivity index (χ0n) is 21.4. The standard InChI is InChI=1S/C26H42FN5O4/c1-2-3-4-5-6-7-8-9-10-11-12-13-14-15-20(34)31-24-22-25(29-17-28-24)32(18-30-22)26-23(35)21(27)19(16-33)36-26/h17-19,21,23,26,33,35H,2-16H2,1H3,(H,28,29,31,34). The highest BCUT2D eigenvalue weighted by Crippen LogP contribution is 2.33. The van der Waals surface area contributed by atoms with Gasteiger partial charge in [-0.05, 0) is 6.42 Å². The molecule has 4 unspecified atom stereocenters. The third-order valence-electron chi connectivity index (χ3n) is 6.87. The molecule has 0 aromatic carbocycles. The summed E-state index contributed by atoms with van der Waals surface area (Å²) in [6.45, 7) is 1.70. The van der Waals surface area contributed by atoms with Gasteiger partial charge in [-0.2, -0.15) is 0 Å². The Morgan fingerprint density at radius 3 is 2.19 bits per heavy atom. The van der Waals surface area contributed by atoms with E-state index >= 15 is 0 Å². The predicted octanol–water partition coefficient (Wildman–Crippen LogP) is 4.83. The van der Waals surface area contributed by atoms with Gasteiger partial charge >= 0.3 is 0 Å². The Labute approximate surface area is 212 Å². The van der Waals surface area contributed by atoms with E-state index in [0.29, 0.717) is 17.6 Å². The summed E-state index contributed by atoms with van der Waals surface area (Å²) in [6.07, 6.45) is 13.9. The van der Waals surface area contributed by atoms with E-state index in [4.69, 9.17) is 4.74 Å². The molecule has 1 aliphatic heterocycles. The van der Waals surface area contributed by atoms with Crippen molar-refractivity contribution in [1.29, 1.82) is 0 Å². The normalized spacial score (nSPS) is 21.9. The van der Waals surface area contributed by atoms with Crippen LogP contribution < -0.4 is 5.32 Å². The molecule has 0 radical (unpaired) electrons. The van der Waals surface area contributed by atoms with Gasteiger partial charge in [0.1, 0.15) is 18.5 Å². The van der Waals surface area contributed by atoms with Gasteiger partial charge in [0.05, 0.1) is 12.9 Å². The monoisotopic (exact) mass is 507 g/mol. The number of nitrogens with zero attached hydrogens (tertiary/aromatic N) is 4. The Morgan fingerprint density at radius 1 is 1.00 bits per heavy atom. The molecule has 1 aliphatic rings. The van der Waals surface area contributed by atoms with Crippen molar-refractivity contribution in [2.24, 2.45) is 0 Å². The lowest BCUT2D eigenvalue weighted by Crippen LogP contribution is -2.29. The Morgan fingerprint density at radius 2 is 1.61 bits per heavy atom. The molecule has 1 fully saturated rings. The van der Waals surface area contributed by atoms with Crippen LogP contribution in [-0.2, 0) is 9.53 Å². The van der Waals surface area contributed by atoms with E-state index in [2.05, 4.69) is 27.2 Å². The molecule has 0 saturated carbocycles. The van der Waals surface area contributed by atoms with Crippen LogP contribution in [0, 0.1) is 0 Å². The van der Waals surface area contributed by atoms with Gasteiger partial charge in [-0.1, -0.05) is 84.0 Å². The van der Waals surface area contributed by atoms with Crippen LogP contribution in [0.5, 0.6) is 0 Å². The molecule has 3 N–H and O–H groups in total. The second kappa shape index (κ2) is 15.2. The molecular formula is C26H42FN5O4. The number of aliphatic hydroxyl groups excluding tert-OH is 2. The number of unbranched alkanes of at least 4 members (excludes halogenated alkanes) is 12. The fraction of sp³-hybridized carbons (Fsp3) is 0.769. The first-order chi connectivity index (χ1) is 17.6. The number of carbonyl (C=O) groups excluding carboxylic acids is 1. The number of ether oxygens (including phenoxy) is 1. The topological polar surface area (TPSA) is 122 Å². The number of imidazole rings is 1. The van der Waals surface area contributed by atoms with Gasteiger partial charge in [0.2, 0.25) is 5.91 Å². The number of rotatable bonds is 17. The number of nitrogens with one attached hydrogen (secondary N) is 1. The summed E-state index contributed by atoms with van der Waals surface area (Å²) in [4.78, 5) is 25.0. The summed E-state index contributed by atoms with van der Waals surface area (Å²) in [5.74, 6) is 0.121. The molecule has 2 aromatic heterocycles. The molecule has 4 atom stereocenters. The van der Waals surface area contributed by atoms with Crippen LogP contribution in [0.2, 0.25) is 0 Å². The highest BCUT2D eigenvalue weighted by Gasteiger charge is 2.45. The molecule has 9 nitrogen and oxygen atoms in total. The zero-order valence-corrected chi connectivity index (χ0v) is 21.4. The van der Waals surface area contributed by atoms with Gasteiger partial charge in [0.15, 0.2) is 29.4 Å². The van der Waals surface area contributed by atoms with Crippen LogP contribution in [0.15, 0.2) is 12.7 Å². The molecule has 0 bridgehead atoms. The summed E-state index contributed by atoms with van der Waals surface area (Å²) in [5, 5.41) is 22.2. The first-order valence-corrected chi connectivity index (χ1v) is 13.6. The first kappa shape index (κ1) is 28.4. The molecule has 0 spiro atoms. The number of amides is 1. The van der Waals surface area contributed by atoms with Crippen LogP contribution in [0.4, 0.5) is 10.2 Å². The van der Waals surface area contributed by atoms with E-state index in [9.17, 15) is 19.4 Å². The number of aliphatic hydroxyl groups is 2. The van der Waals surface area contributed by atoms with Gasteiger partial charge < -0.3 is 20.3 Å². The Bertz CT molecular complexity index is 927. The molecular weight excluding hydrogens is 465 g/mol. The van der Waals surface area contributed by atoms with Gasteiger partial charge in [0, 0.05) is 6.42 Å². The molecule has 2 aromatic rings. The lowest BCUT2D eigenvalue weighted by Gasteiger charge is -2.16. The predicted molar refractivity (Wildman–Crippen MR) is 136 cm³/mol. The zero-order chi connectivity index (χ0) is 25.8. The second-order valence-corrected chi connectivity index (χ2v) is 9.77. The first-order valence-electron chi connectivity index (χ1n) is 13.6. The molecule has 3 heterocycles. The number of anilines is 1. The fourth-order valence-electron chi connectivity index (χ4n) is 4.71.